The molecule has 0 saturated carbocycles. The van der Waals surface area contributed by atoms with Crippen molar-refractivity contribution in [2.24, 2.45) is 5.73 Å². The van der Waals surface area contributed by atoms with Gasteiger partial charge in [-0.05, 0) is 14.1 Å². The van der Waals surface area contributed by atoms with Gasteiger partial charge in [-0.3, -0.25) is 0 Å². The molecule has 0 fully saturated rings. The number of nitrogens with two attached hydrogens (primary N) is 1. The van der Waals surface area contributed by atoms with E-state index in [0.717, 1.165) is 11.6 Å². The van der Waals surface area contributed by atoms with Crippen molar-refractivity contribution in [1.82, 2.24) is 9.88 Å². The summed E-state index contributed by atoms with van der Waals surface area (Å²) in [6.07, 6.45) is 1.82. The summed E-state index contributed by atoms with van der Waals surface area (Å²) < 4.78 is 0. The summed E-state index contributed by atoms with van der Waals surface area (Å²) in [5, 5.41) is 9.62. The number of hydrogen-bond acceptors (Lipinski definition) is 5. The molecule has 1 rings (SSSR count). The third-order valence-corrected chi connectivity index (χ3v) is 2.67. The summed E-state index contributed by atoms with van der Waals surface area (Å²) in [5.74, 6) is 0. The molecule has 4 nitrogen and oxygen atoms in total. The van der Waals surface area contributed by atoms with E-state index in [9.17, 15) is 0 Å². The Balaban J connectivity index is 2.63. The smallest absolute Gasteiger partial charge is 0.112 e. The molecule has 0 amide bonds. The quantitative estimate of drug-likeness (QED) is 0.730. The summed E-state index contributed by atoms with van der Waals surface area (Å²) in [7, 11) is 4.01. The lowest BCUT2D eigenvalue weighted by molar-refractivity contribution is 0.267. The van der Waals surface area contributed by atoms with Crippen LogP contribution >= 0.6 is 11.3 Å². The number of thiazole rings is 1. The molecular weight excluding hydrogens is 186 g/mol. The van der Waals surface area contributed by atoms with Crippen molar-refractivity contribution in [2.45, 2.75) is 12.6 Å². The van der Waals surface area contributed by atoms with E-state index in [2.05, 4.69) is 9.88 Å². The molecule has 5 heteroatoms. The lowest BCUT2D eigenvalue weighted by Gasteiger charge is -2.05. The molecule has 1 aromatic rings. The van der Waals surface area contributed by atoms with Crippen LogP contribution in [0.4, 0.5) is 0 Å². The lowest BCUT2D eigenvalue weighted by Crippen LogP contribution is -2.13. The number of nitrogens with zero attached hydrogens (tertiary/aromatic N) is 2. The van der Waals surface area contributed by atoms with Crippen LogP contribution < -0.4 is 5.73 Å². The minimum absolute atomic E-state index is 0.0467. The van der Waals surface area contributed by atoms with Crippen LogP contribution in [-0.4, -0.2) is 35.7 Å². The standard InChI is InChI=1S/C8H15N3OS/c1-11(2)4-6-3-10-8(13-6)7(9)5-12/h3,7,12H,4-5,9H2,1-2H3/t7-/m1/s1. The lowest BCUT2D eigenvalue weighted by atomic mass is 10.4. The molecule has 0 aliphatic rings. The second-order valence-electron chi connectivity index (χ2n) is 3.19. The van der Waals surface area contributed by atoms with E-state index in [0.29, 0.717) is 0 Å². The number of aliphatic hydroxyl groups excluding tert-OH is 1. The van der Waals surface area contributed by atoms with E-state index in [1.807, 2.05) is 20.3 Å². The van der Waals surface area contributed by atoms with Gasteiger partial charge in [-0.1, -0.05) is 0 Å². The van der Waals surface area contributed by atoms with Crippen LogP contribution in [0.5, 0.6) is 0 Å². The highest BCUT2D eigenvalue weighted by atomic mass is 32.1. The first-order valence-corrected chi connectivity index (χ1v) is 4.91. The molecule has 13 heavy (non-hydrogen) atoms. The predicted octanol–water partition coefficient (Wildman–Crippen LogP) is 0.197. The van der Waals surface area contributed by atoms with Crippen molar-refractivity contribution in [3.63, 3.8) is 0 Å². The Kier molecular flexibility index (Phi) is 3.80. The average Bonchev–Trinajstić information content (AvgIpc) is 2.50. The second kappa shape index (κ2) is 4.66. The molecule has 0 spiro atoms. The molecule has 0 saturated heterocycles. The van der Waals surface area contributed by atoms with E-state index in [1.165, 1.54) is 4.88 Å². The van der Waals surface area contributed by atoms with Gasteiger partial charge in [0.1, 0.15) is 5.01 Å². The molecule has 74 valence electrons. The number of aliphatic hydroxyl groups is 1. The number of aromatic nitrogens is 1. The van der Waals surface area contributed by atoms with Crippen LogP contribution in [0.15, 0.2) is 6.20 Å². The Bertz CT molecular complexity index is 262. The molecule has 0 aliphatic heterocycles. The maximum atomic E-state index is 8.81. The zero-order valence-corrected chi connectivity index (χ0v) is 8.71. The van der Waals surface area contributed by atoms with E-state index < -0.39 is 0 Å². The first-order chi connectivity index (χ1) is 6.13. The van der Waals surface area contributed by atoms with Gasteiger partial charge in [0.2, 0.25) is 0 Å². The SMILES string of the molecule is CN(C)Cc1cnc([C@H](N)CO)s1. The van der Waals surface area contributed by atoms with E-state index in [-0.39, 0.29) is 12.6 Å². The minimum Gasteiger partial charge on any atom is -0.394 e. The Morgan fingerprint density at radius 2 is 2.38 bits per heavy atom. The van der Waals surface area contributed by atoms with Crippen molar-refractivity contribution >= 4 is 11.3 Å². The van der Waals surface area contributed by atoms with Gasteiger partial charge in [0, 0.05) is 17.6 Å². The van der Waals surface area contributed by atoms with Gasteiger partial charge in [-0.2, -0.15) is 0 Å². The zero-order valence-electron chi connectivity index (χ0n) is 7.90. The maximum absolute atomic E-state index is 8.81. The van der Waals surface area contributed by atoms with Crippen molar-refractivity contribution < 1.29 is 5.11 Å². The van der Waals surface area contributed by atoms with Crippen molar-refractivity contribution in [1.29, 1.82) is 0 Å². The summed E-state index contributed by atoms with van der Waals surface area (Å²) >= 11 is 1.56. The summed E-state index contributed by atoms with van der Waals surface area (Å²) in [6.45, 7) is 0.824. The Labute approximate surface area is 82.0 Å². The topological polar surface area (TPSA) is 62.4 Å². The van der Waals surface area contributed by atoms with E-state index >= 15 is 0 Å². The highest BCUT2D eigenvalue weighted by molar-refractivity contribution is 7.11. The highest BCUT2D eigenvalue weighted by Crippen LogP contribution is 2.18. The summed E-state index contributed by atoms with van der Waals surface area (Å²) in [4.78, 5) is 7.39. The largest absolute Gasteiger partial charge is 0.394 e. The molecule has 0 bridgehead atoms. The highest BCUT2D eigenvalue weighted by Gasteiger charge is 2.09. The van der Waals surface area contributed by atoms with Gasteiger partial charge in [-0.15, -0.1) is 11.3 Å². The molecule has 1 atom stereocenters. The fourth-order valence-corrected chi connectivity index (χ4v) is 1.99. The monoisotopic (exact) mass is 201 g/mol. The molecule has 0 aromatic carbocycles. The van der Waals surface area contributed by atoms with Crippen molar-refractivity contribution in [3.05, 3.63) is 16.1 Å². The first kappa shape index (κ1) is 10.6. The molecule has 0 aliphatic carbocycles. The van der Waals surface area contributed by atoms with Crippen LogP contribution in [0.25, 0.3) is 0 Å². The predicted molar refractivity (Wildman–Crippen MR) is 53.5 cm³/mol. The Morgan fingerprint density at radius 1 is 1.69 bits per heavy atom. The van der Waals surface area contributed by atoms with Crippen LogP contribution in [0.2, 0.25) is 0 Å². The number of rotatable bonds is 4. The fraction of sp³-hybridized carbons (Fsp3) is 0.625. The van der Waals surface area contributed by atoms with Gasteiger partial charge in [-0.25, -0.2) is 4.98 Å². The molecule has 1 aromatic heterocycles. The normalized spacial score (nSPS) is 13.6. The third kappa shape index (κ3) is 3.04. The van der Waals surface area contributed by atoms with E-state index in [4.69, 9.17) is 10.8 Å². The second-order valence-corrected chi connectivity index (χ2v) is 4.34. The van der Waals surface area contributed by atoms with Gasteiger partial charge in [0.05, 0.1) is 12.6 Å². The summed E-state index contributed by atoms with van der Waals surface area (Å²) in [6, 6.07) is -0.332. The van der Waals surface area contributed by atoms with Crippen LogP contribution in [0.1, 0.15) is 15.9 Å². The molecule has 0 radical (unpaired) electrons. The van der Waals surface area contributed by atoms with Gasteiger partial charge >= 0.3 is 0 Å². The third-order valence-electron chi connectivity index (χ3n) is 1.56. The van der Waals surface area contributed by atoms with Crippen LogP contribution in [0.3, 0.4) is 0 Å². The van der Waals surface area contributed by atoms with Gasteiger partial charge < -0.3 is 15.7 Å². The molecule has 3 N–H and O–H groups in total. The summed E-state index contributed by atoms with van der Waals surface area (Å²) in [5.41, 5.74) is 5.62. The van der Waals surface area contributed by atoms with Crippen molar-refractivity contribution in [2.75, 3.05) is 20.7 Å². The van der Waals surface area contributed by atoms with Crippen molar-refractivity contribution in [3.8, 4) is 0 Å². The van der Waals surface area contributed by atoms with Crippen LogP contribution in [0, 0.1) is 0 Å². The van der Waals surface area contributed by atoms with Crippen LogP contribution in [-0.2, 0) is 6.54 Å². The molecule has 1 heterocycles. The van der Waals surface area contributed by atoms with E-state index in [1.54, 1.807) is 11.3 Å². The maximum Gasteiger partial charge on any atom is 0.112 e. The Hall–Kier alpha value is -0.490. The molecule has 0 unspecified atom stereocenters. The Morgan fingerprint density at radius 3 is 2.92 bits per heavy atom. The molecular formula is C8H15N3OS. The zero-order chi connectivity index (χ0) is 9.84. The number of hydrogen-bond donors (Lipinski definition) is 2. The van der Waals surface area contributed by atoms with Gasteiger partial charge in [0.15, 0.2) is 0 Å². The van der Waals surface area contributed by atoms with Gasteiger partial charge in [0.25, 0.3) is 0 Å². The first-order valence-electron chi connectivity index (χ1n) is 4.09. The fourth-order valence-electron chi connectivity index (χ4n) is 0.957. The minimum atomic E-state index is -0.332. The average molecular weight is 201 g/mol.